The highest BCUT2D eigenvalue weighted by Crippen LogP contribution is 2.18. The summed E-state index contributed by atoms with van der Waals surface area (Å²) < 4.78 is 22.6. The Kier molecular flexibility index (Phi) is 3.64. The molecule has 1 saturated heterocycles. The van der Waals surface area contributed by atoms with Crippen LogP contribution in [0.3, 0.4) is 0 Å². The van der Waals surface area contributed by atoms with Crippen LogP contribution in [0.2, 0.25) is 0 Å². The first-order chi connectivity index (χ1) is 7.11. The third-order valence-corrected chi connectivity index (χ3v) is 4.51. The zero-order valence-electron chi connectivity index (χ0n) is 10.1. The van der Waals surface area contributed by atoms with Crippen LogP contribution in [0.15, 0.2) is 0 Å². The van der Waals surface area contributed by atoms with Crippen LogP contribution in [0.25, 0.3) is 0 Å². The molecule has 1 atom stereocenters. The van der Waals surface area contributed by atoms with Crippen LogP contribution in [-0.2, 0) is 14.6 Å². The summed E-state index contributed by atoms with van der Waals surface area (Å²) in [6.45, 7) is 3.56. The van der Waals surface area contributed by atoms with Crippen molar-refractivity contribution in [2.75, 3.05) is 18.6 Å². The van der Waals surface area contributed by atoms with Gasteiger partial charge in [0.25, 0.3) is 0 Å². The van der Waals surface area contributed by atoms with E-state index in [2.05, 4.69) is 0 Å². The zero-order valence-corrected chi connectivity index (χ0v) is 10.9. The number of nitrogens with zero attached hydrogens (tertiary/aromatic N) is 1. The lowest BCUT2D eigenvalue weighted by Gasteiger charge is -2.27. The average molecular weight is 248 g/mol. The first-order valence-electron chi connectivity index (χ1n) is 5.36. The summed E-state index contributed by atoms with van der Waals surface area (Å²) in [6, 6.07) is -0.181. The van der Waals surface area contributed by atoms with Crippen LogP contribution in [0.5, 0.6) is 0 Å². The molecule has 0 aromatic rings. The maximum Gasteiger partial charge on any atom is 0.224 e. The highest BCUT2D eigenvalue weighted by molar-refractivity contribution is 7.91. The summed E-state index contributed by atoms with van der Waals surface area (Å²) in [7, 11) is -1.29. The van der Waals surface area contributed by atoms with E-state index < -0.39 is 15.4 Å². The van der Waals surface area contributed by atoms with Gasteiger partial charge in [-0.05, 0) is 20.3 Å². The van der Waals surface area contributed by atoms with Gasteiger partial charge in [-0.15, -0.1) is 0 Å². The van der Waals surface area contributed by atoms with Gasteiger partial charge in [0.05, 0.1) is 11.5 Å². The molecule has 0 radical (unpaired) electrons. The van der Waals surface area contributed by atoms with Gasteiger partial charge in [-0.3, -0.25) is 4.79 Å². The molecule has 0 aliphatic carbocycles. The Morgan fingerprint density at radius 3 is 2.44 bits per heavy atom. The van der Waals surface area contributed by atoms with Gasteiger partial charge < -0.3 is 10.6 Å². The Labute approximate surface area is 96.9 Å². The highest BCUT2D eigenvalue weighted by atomic mass is 32.2. The molecule has 1 aliphatic heterocycles. The molecule has 94 valence electrons. The Morgan fingerprint density at radius 1 is 1.50 bits per heavy atom. The number of rotatable bonds is 3. The molecule has 5 nitrogen and oxygen atoms in total. The third-order valence-electron chi connectivity index (χ3n) is 2.76. The van der Waals surface area contributed by atoms with Crippen LogP contribution >= 0.6 is 0 Å². The van der Waals surface area contributed by atoms with Gasteiger partial charge in [-0.2, -0.15) is 0 Å². The van der Waals surface area contributed by atoms with E-state index in [1.165, 1.54) is 4.90 Å². The number of carbonyl (C=O) groups excluding carboxylic acids is 1. The molecule has 1 amide bonds. The summed E-state index contributed by atoms with van der Waals surface area (Å²) in [5.74, 6) is 0.177. The number of amides is 1. The molecule has 0 bridgehead atoms. The molecule has 1 heterocycles. The van der Waals surface area contributed by atoms with Crippen molar-refractivity contribution in [3.63, 3.8) is 0 Å². The van der Waals surface area contributed by atoms with Gasteiger partial charge in [-0.1, -0.05) is 0 Å². The molecule has 0 spiro atoms. The van der Waals surface area contributed by atoms with Crippen LogP contribution in [0.4, 0.5) is 0 Å². The summed E-state index contributed by atoms with van der Waals surface area (Å²) in [4.78, 5) is 13.3. The molecule has 16 heavy (non-hydrogen) atoms. The van der Waals surface area contributed by atoms with E-state index in [0.29, 0.717) is 6.42 Å². The fourth-order valence-electron chi connectivity index (χ4n) is 1.80. The zero-order chi connectivity index (χ0) is 12.6. The largest absolute Gasteiger partial charge is 0.342 e. The maximum absolute atomic E-state index is 11.8. The monoisotopic (exact) mass is 248 g/mol. The third kappa shape index (κ3) is 3.75. The normalized spacial score (nSPS) is 24.4. The molecule has 0 aromatic heterocycles. The van der Waals surface area contributed by atoms with Crippen molar-refractivity contribution in [3.8, 4) is 0 Å². The molecule has 1 aliphatic rings. The average Bonchev–Trinajstić information content (AvgIpc) is 2.41. The SMILES string of the molecule is CN(C(=O)CC(C)(C)N)C1CCS(=O)(=O)C1. The predicted octanol–water partition coefficient (Wildman–Crippen LogP) is -0.241. The van der Waals surface area contributed by atoms with E-state index in [4.69, 9.17) is 5.73 Å². The van der Waals surface area contributed by atoms with Crippen LogP contribution < -0.4 is 5.73 Å². The molecule has 6 heteroatoms. The van der Waals surface area contributed by atoms with Crippen molar-refractivity contribution in [2.24, 2.45) is 5.73 Å². The Morgan fingerprint density at radius 2 is 2.06 bits per heavy atom. The molecular weight excluding hydrogens is 228 g/mol. The van der Waals surface area contributed by atoms with Gasteiger partial charge in [0.15, 0.2) is 9.84 Å². The van der Waals surface area contributed by atoms with E-state index in [0.717, 1.165) is 0 Å². The molecule has 1 fully saturated rings. The van der Waals surface area contributed by atoms with E-state index in [9.17, 15) is 13.2 Å². The second kappa shape index (κ2) is 4.33. The first kappa shape index (κ1) is 13.4. The number of nitrogens with two attached hydrogens (primary N) is 1. The molecule has 1 rings (SSSR count). The van der Waals surface area contributed by atoms with E-state index >= 15 is 0 Å². The van der Waals surface area contributed by atoms with Crippen molar-refractivity contribution >= 4 is 15.7 Å². The lowest BCUT2D eigenvalue weighted by atomic mass is 10.0. The Hall–Kier alpha value is -0.620. The van der Waals surface area contributed by atoms with E-state index in [1.807, 2.05) is 0 Å². The van der Waals surface area contributed by atoms with Crippen molar-refractivity contribution < 1.29 is 13.2 Å². The van der Waals surface area contributed by atoms with Gasteiger partial charge in [0.2, 0.25) is 5.91 Å². The summed E-state index contributed by atoms with van der Waals surface area (Å²) in [5.41, 5.74) is 5.21. The number of hydrogen-bond donors (Lipinski definition) is 1. The van der Waals surface area contributed by atoms with Crippen LogP contribution in [-0.4, -0.2) is 49.4 Å². The smallest absolute Gasteiger partial charge is 0.224 e. The Balaban J connectivity index is 2.59. The van der Waals surface area contributed by atoms with Gasteiger partial charge in [-0.25, -0.2) is 8.42 Å². The highest BCUT2D eigenvalue weighted by Gasteiger charge is 2.33. The number of hydrogen-bond acceptors (Lipinski definition) is 4. The molecule has 2 N–H and O–H groups in total. The topological polar surface area (TPSA) is 80.5 Å². The maximum atomic E-state index is 11.8. The van der Waals surface area contributed by atoms with Crippen molar-refractivity contribution in [3.05, 3.63) is 0 Å². The fourth-order valence-corrected chi connectivity index (χ4v) is 3.57. The second-order valence-corrected chi connectivity index (χ2v) is 7.46. The van der Waals surface area contributed by atoms with Gasteiger partial charge in [0.1, 0.15) is 0 Å². The minimum Gasteiger partial charge on any atom is -0.342 e. The van der Waals surface area contributed by atoms with Crippen molar-refractivity contribution in [2.45, 2.75) is 38.3 Å². The summed E-state index contributed by atoms with van der Waals surface area (Å²) in [5, 5.41) is 0. The summed E-state index contributed by atoms with van der Waals surface area (Å²) in [6.07, 6.45) is 0.773. The van der Waals surface area contributed by atoms with Crippen LogP contribution in [0.1, 0.15) is 26.7 Å². The quantitative estimate of drug-likeness (QED) is 0.747. The molecule has 1 unspecified atom stereocenters. The minimum atomic E-state index is -2.94. The fraction of sp³-hybridized carbons (Fsp3) is 0.900. The van der Waals surface area contributed by atoms with Crippen LogP contribution in [0, 0.1) is 0 Å². The Bertz CT molecular complexity index is 370. The van der Waals surface area contributed by atoms with Crippen molar-refractivity contribution in [1.29, 1.82) is 0 Å². The first-order valence-corrected chi connectivity index (χ1v) is 7.18. The van der Waals surface area contributed by atoms with Gasteiger partial charge >= 0.3 is 0 Å². The predicted molar refractivity (Wildman–Crippen MR) is 62.7 cm³/mol. The van der Waals surface area contributed by atoms with E-state index in [-0.39, 0.29) is 29.9 Å². The second-order valence-electron chi connectivity index (χ2n) is 5.23. The molecule has 0 aromatic carbocycles. The lowest BCUT2D eigenvalue weighted by Crippen LogP contribution is -2.44. The summed E-state index contributed by atoms with van der Waals surface area (Å²) >= 11 is 0. The van der Waals surface area contributed by atoms with E-state index in [1.54, 1.807) is 20.9 Å². The van der Waals surface area contributed by atoms with Gasteiger partial charge in [0, 0.05) is 25.0 Å². The van der Waals surface area contributed by atoms with Crippen molar-refractivity contribution in [1.82, 2.24) is 4.90 Å². The molecule has 0 saturated carbocycles. The standard InChI is InChI=1S/C10H20N2O3S/c1-10(2,11)6-9(13)12(3)8-4-5-16(14,15)7-8/h8H,4-7,11H2,1-3H3. The number of sulfone groups is 1. The number of carbonyl (C=O) groups is 1. The lowest BCUT2D eigenvalue weighted by molar-refractivity contribution is -0.132. The minimum absolute atomic E-state index is 0.0836. The molecular formula is C10H20N2O3S.